The molecule has 0 atom stereocenters. The van der Waals surface area contributed by atoms with Crippen LogP contribution in [0.4, 0.5) is 0 Å². The van der Waals surface area contributed by atoms with Gasteiger partial charge in [0.15, 0.2) is 0 Å². The van der Waals surface area contributed by atoms with E-state index in [-0.39, 0.29) is 0 Å². The van der Waals surface area contributed by atoms with Gasteiger partial charge in [0.05, 0.1) is 0 Å². The van der Waals surface area contributed by atoms with Crippen molar-refractivity contribution in [3.63, 3.8) is 0 Å². The van der Waals surface area contributed by atoms with Crippen molar-refractivity contribution in [1.82, 2.24) is 5.32 Å². The van der Waals surface area contributed by atoms with E-state index in [9.17, 15) is 4.79 Å². The third-order valence-corrected chi connectivity index (χ3v) is 0.677. The van der Waals surface area contributed by atoms with Gasteiger partial charge < -0.3 is 11.1 Å². The molecule has 0 aliphatic rings. The molecule has 0 aromatic heterocycles. The van der Waals surface area contributed by atoms with Crippen LogP contribution in [-0.4, -0.2) is 6.41 Å². The third-order valence-electron chi connectivity index (χ3n) is 0.677. The molecule has 0 aliphatic carbocycles. The summed E-state index contributed by atoms with van der Waals surface area (Å²) in [6, 6.07) is 0. The first-order chi connectivity index (χ1) is 4.31. The summed E-state index contributed by atoms with van der Waals surface area (Å²) in [5.74, 6) is 0. The third kappa shape index (κ3) is 4.61. The summed E-state index contributed by atoms with van der Waals surface area (Å²) in [6.07, 6.45) is 5.47. The van der Waals surface area contributed by atoms with Crippen LogP contribution in [-0.2, 0) is 4.79 Å². The highest BCUT2D eigenvalue weighted by Crippen LogP contribution is 1.81. The van der Waals surface area contributed by atoms with Gasteiger partial charge in [0.1, 0.15) is 0 Å². The molecule has 0 aromatic rings. The van der Waals surface area contributed by atoms with Crippen LogP contribution >= 0.6 is 0 Å². The minimum atomic E-state index is 0.532. The van der Waals surface area contributed by atoms with Crippen molar-refractivity contribution >= 4 is 6.41 Å². The van der Waals surface area contributed by atoms with E-state index in [0.29, 0.717) is 12.1 Å². The summed E-state index contributed by atoms with van der Waals surface area (Å²) in [4.78, 5) is 9.68. The average Bonchev–Trinajstić information content (AvgIpc) is 1.85. The van der Waals surface area contributed by atoms with Crippen LogP contribution in [0, 0.1) is 0 Å². The monoisotopic (exact) mass is 126 g/mol. The largest absolute Gasteiger partial charge is 0.398 e. The van der Waals surface area contributed by atoms with Crippen molar-refractivity contribution in [3.8, 4) is 0 Å². The SMILES string of the molecule is C/C=C\C(N)=C/NC=O. The van der Waals surface area contributed by atoms with E-state index in [0.717, 1.165) is 0 Å². The van der Waals surface area contributed by atoms with Crippen molar-refractivity contribution in [2.24, 2.45) is 5.73 Å². The molecule has 3 heteroatoms. The summed E-state index contributed by atoms with van der Waals surface area (Å²) >= 11 is 0. The molecule has 0 saturated heterocycles. The van der Waals surface area contributed by atoms with Crippen LogP contribution in [0.15, 0.2) is 24.0 Å². The van der Waals surface area contributed by atoms with E-state index in [1.54, 1.807) is 12.2 Å². The number of carbonyl (C=O) groups is 1. The topological polar surface area (TPSA) is 55.1 Å². The fourth-order valence-electron chi connectivity index (χ4n) is 0.371. The van der Waals surface area contributed by atoms with Crippen molar-refractivity contribution < 1.29 is 4.79 Å². The first kappa shape index (κ1) is 7.75. The number of rotatable bonds is 3. The Morgan fingerprint density at radius 2 is 2.33 bits per heavy atom. The summed E-state index contributed by atoms with van der Waals surface area (Å²) in [6.45, 7) is 1.85. The van der Waals surface area contributed by atoms with E-state index >= 15 is 0 Å². The number of nitrogens with two attached hydrogens (primary N) is 1. The van der Waals surface area contributed by atoms with Crippen molar-refractivity contribution in [3.05, 3.63) is 24.0 Å². The number of nitrogens with one attached hydrogen (secondary N) is 1. The van der Waals surface area contributed by atoms with Crippen LogP contribution in [0.2, 0.25) is 0 Å². The molecule has 0 bridgehead atoms. The molecule has 0 radical (unpaired) electrons. The first-order valence-electron chi connectivity index (χ1n) is 2.59. The molecule has 1 amide bonds. The van der Waals surface area contributed by atoms with E-state index in [2.05, 4.69) is 5.32 Å². The molecule has 0 heterocycles. The molecule has 0 unspecified atom stereocenters. The molecule has 9 heavy (non-hydrogen) atoms. The van der Waals surface area contributed by atoms with E-state index in [1.165, 1.54) is 6.20 Å². The van der Waals surface area contributed by atoms with Crippen LogP contribution in [0.3, 0.4) is 0 Å². The maximum absolute atomic E-state index is 9.68. The summed E-state index contributed by atoms with van der Waals surface area (Å²) in [5.41, 5.74) is 5.86. The van der Waals surface area contributed by atoms with Crippen molar-refractivity contribution in [2.75, 3.05) is 0 Å². The van der Waals surface area contributed by atoms with Crippen LogP contribution in [0.5, 0.6) is 0 Å². The van der Waals surface area contributed by atoms with Gasteiger partial charge in [-0.1, -0.05) is 6.08 Å². The van der Waals surface area contributed by atoms with Crippen molar-refractivity contribution in [2.45, 2.75) is 6.92 Å². The number of allylic oxidation sites excluding steroid dienone is 2. The molecule has 0 aliphatic heterocycles. The van der Waals surface area contributed by atoms with Gasteiger partial charge in [0, 0.05) is 11.9 Å². The molecule has 0 rings (SSSR count). The predicted molar refractivity (Wildman–Crippen MR) is 36.3 cm³/mol. The van der Waals surface area contributed by atoms with Gasteiger partial charge in [-0.3, -0.25) is 4.79 Å². The normalized spacial score (nSPS) is 11.9. The Morgan fingerprint density at radius 1 is 1.67 bits per heavy atom. The highest BCUT2D eigenvalue weighted by Gasteiger charge is 1.75. The molecule has 0 fully saturated rings. The Balaban J connectivity index is 3.68. The zero-order chi connectivity index (χ0) is 7.11. The fraction of sp³-hybridized carbons (Fsp3) is 0.167. The lowest BCUT2D eigenvalue weighted by Crippen LogP contribution is -2.04. The lowest BCUT2D eigenvalue weighted by atomic mass is 10.4. The van der Waals surface area contributed by atoms with E-state index in [1.807, 2.05) is 6.92 Å². The Kier molecular flexibility index (Phi) is 4.22. The van der Waals surface area contributed by atoms with Gasteiger partial charge in [-0.15, -0.1) is 0 Å². The molecular formula is C6H10N2O. The Hall–Kier alpha value is -1.25. The second kappa shape index (κ2) is 4.90. The lowest BCUT2D eigenvalue weighted by Gasteiger charge is -1.88. The van der Waals surface area contributed by atoms with Crippen LogP contribution < -0.4 is 11.1 Å². The fourth-order valence-corrected chi connectivity index (χ4v) is 0.371. The first-order valence-corrected chi connectivity index (χ1v) is 2.59. The Bertz CT molecular complexity index is 138. The minimum Gasteiger partial charge on any atom is -0.398 e. The van der Waals surface area contributed by atoms with E-state index < -0.39 is 0 Å². The predicted octanol–water partition coefficient (Wildman–Crippen LogP) is 0.109. The summed E-state index contributed by atoms with van der Waals surface area (Å²) < 4.78 is 0. The number of amides is 1. The molecule has 3 nitrogen and oxygen atoms in total. The quantitative estimate of drug-likeness (QED) is 0.416. The highest BCUT2D eigenvalue weighted by atomic mass is 16.1. The molecule has 0 aromatic carbocycles. The molecule has 3 N–H and O–H groups in total. The molecule has 50 valence electrons. The molecule has 0 saturated carbocycles. The zero-order valence-electron chi connectivity index (χ0n) is 5.29. The average molecular weight is 126 g/mol. The van der Waals surface area contributed by atoms with Crippen LogP contribution in [0.1, 0.15) is 6.92 Å². The number of hydrogen-bond acceptors (Lipinski definition) is 2. The number of carbonyl (C=O) groups excluding carboxylic acids is 1. The molecule has 0 spiro atoms. The minimum absolute atomic E-state index is 0.532. The van der Waals surface area contributed by atoms with Gasteiger partial charge in [0.25, 0.3) is 0 Å². The van der Waals surface area contributed by atoms with Gasteiger partial charge in [-0.25, -0.2) is 0 Å². The second-order valence-corrected chi connectivity index (χ2v) is 1.43. The zero-order valence-corrected chi connectivity index (χ0v) is 5.29. The Labute approximate surface area is 54.2 Å². The maximum atomic E-state index is 9.68. The lowest BCUT2D eigenvalue weighted by molar-refractivity contribution is -0.108. The van der Waals surface area contributed by atoms with E-state index in [4.69, 9.17) is 5.73 Å². The smallest absolute Gasteiger partial charge is 0.211 e. The van der Waals surface area contributed by atoms with Gasteiger partial charge in [0.2, 0.25) is 6.41 Å². The van der Waals surface area contributed by atoms with Gasteiger partial charge in [-0.05, 0) is 13.0 Å². The van der Waals surface area contributed by atoms with Crippen molar-refractivity contribution in [1.29, 1.82) is 0 Å². The number of hydrogen-bond donors (Lipinski definition) is 2. The second-order valence-electron chi connectivity index (χ2n) is 1.43. The van der Waals surface area contributed by atoms with Gasteiger partial charge >= 0.3 is 0 Å². The summed E-state index contributed by atoms with van der Waals surface area (Å²) in [5, 5.41) is 2.31. The standard InChI is InChI=1S/C6H10N2O/c1-2-3-6(7)4-8-5-9/h2-5H,7H2,1H3,(H,8,9)/b3-2-,6-4+. The Morgan fingerprint density at radius 3 is 2.78 bits per heavy atom. The van der Waals surface area contributed by atoms with Crippen LogP contribution in [0.25, 0.3) is 0 Å². The summed E-state index contributed by atoms with van der Waals surface area (Å²) in [7, 11) is 0. The molecular weight excluding hydrogens is 116 g/mol. The highest BCUT2D eigenvalue weighted by molar-refractivity contribution is 5.48. The maximum Gasteiger partial charge on any atom is 0.211 e. The van der Waals surface area contributed by atoms with Gasteiger partial charge in [-0.2, -0.15) is 0 Å².